The predicted molar refractivity (Wildman–Crippen MR) is 56.7 cm³/mol. The first kappa shape index (κ1) is 9.77. The van der Waals surface area contributed by atoms with Gasteiger partial charge in [0.2, 0.25) is 0 Å². The van der Waals surface area contributed by atoms with E-state index in [0.29, 0.717) is 6.61 Å². The highest BCUT2D eigenvalue weighted by atomic mass is 16.5. The van der Waals surface area contributed by atoms with E-state index in [9.17, 15) is 0 Å². The van der Waals surface area contributed by atoms with Crippen molar-refractivity contribution in [2.24, 2.45) is 0 Å². The highest BCUT2D eigenvalue weighted by Gasteiger charge is 1.97. The summed E-state index contributed by atoms with van der Waals surface area (Å²) in [5.74, 6) is 0.869. The van der Waals surface area contributed by atoms with Crippen molar-refractivity contribution in [3.8, 4) is 5.75 Å². The lowest BCUT2D eigenvalue weighted by Crippen LogP contribution is -1.93. The second kappa shape index (κ2) is 4.64. The Morgan fingerprint density at radius 1 is 1.20 bits per heavy atom. The molecule has 0 spiro atoms. The van der Waals surface area contributed by atoms with Crippen LogP contribution in [0.5, 0.6) is 5.75 Å². The minimum Gasteiger partial charge on any atom is -0.489 e. The van der Waals surface area contributed by atoms with Gasteiger partial charge >= 0.3 is 0 Å². The second-order valence-corrected chi connectivity index (χ2v) is 3.32. The van der Waals surface area contributed by atoms with Crippen molar-refractivity contribution in [3.05, 3.63) is 47.9 Å². The summed E-state index contributed by atoms with van der Waals surface area (Å²) in [6.45, 7) is 2.63. The summed E-state index contributed by atoms with van der Waals surface area (Å²) in [7, 11) is 0. The zero-order valence-corrected chi connectivity index (χ0v) is 8.64. The monoisotopic (exact) mass is 203 g/mol. The van der Waals surface area contributed by atoms with E-state index in [1.165, 1.54) is 5.56 Å². The van der Waals surface area contributed by atoms with E-state index in [-0.39, 0.29) is 0 Å². The number of hydrogen-bond acceptors (Lipinski definition) is 3. The zero-order valence-electron chi connectivity index (χ0n) is 8.64. The third kappa shape index (κ3) is 2.59. The molecule has 15 heavy (non-hydrogen) atoms. The Morgan fingerprint density at radius 2 is 2.00 bits per heavy atom. The number of hydrogen-bond donors (Lipinski definition) is 0. The number of rotatable bonds is 4. The summed E-state index contributed by atoms with van der Waals surface area (Å²) < 4.78 is 10.3. The average Bonchev–Trinajstić information content (AvgIpc) is 2.80. The Balaban J connectivity index is 1.93. The molecule has 0 saturated carbocycles. The van der Waals surface area contributed by atoms with Crippen LogP contribution in [0.1, 0.15) is 18.1 Å². The van der Waals surface area contributed by atoms with Gasteiger partial charge in [0.15, 0.2) is 0 Å². The summed E-state index contributed by atoms with van der Waals surface area (Å²) in [5, 5.41) is 3.61. The molecule has 0 aliphatic rings. The highest BCUT2D eigenvalue weighted by Crippen LogP contribution is 2.14. The Hall–Kier alpha value is -1.77. The maximum atomic E-state index is 5.55. The van der Waals surface area contributed by atoms with Crippen molar-refractivity contribution in [2.45, 2.75) is 20.0 Å². The largest absolute Gasteiger partial charge is 0.489 e. The lowest BCUT2D eigenvalue weighted by Gasteiger charge is -2.04. The number of aryl methyl sites for hydroxylation is 1. The van der Waals surface area contributed by atoms with Crippen LogP contribution in [0.4, 0.5) is 0 Å². The normalized spacial score (nSPS) is 10.2. The van der Waals surface area contributed by atoms with Gasteiger partial charge in [0.1, 0.15) is 18.6 Å². The van der Waals surface area contributed by atoms with E-state index in [1.54, 1.807) is 12.5 Å². The first-order chi connectivity index (χ1) is 7.38. The SMILES string of the molecule is CCc1ccc(OCc2cnoc2)cc1. The van der Waals surface area contributed by atoms with Gasteiger partial charge in [0.05, 0.1) is 6.20 Å². The molecule has 78 valence electrons. The smallest absolute Gasteiger partial charge is 0.130 e. The molecule has 0 aliphatic carbocycles. The van der Waals surface area contributed by atoms with Gasteiger partial charge < -0.3 is 9.26 Å². The van der Waals surface area contributed by atoms with Crippen molar-refractivity contribution in [2.75, 3.05) is 0 Å². The molecule has 0 N–H and O–H groups in total. The highest BCUT2D eigenvalue weighted by molar-refractivity contribution is 5.27. The fourth-order valence-electron chi connectivity index (χ4n) is 1.29. The lowest BCUT2D eigenvalue weighted by atomic mass is 10.2. The summed E-state index contributed by atoms with van der Waals surface area (Å²) in [6.07, 6.45) is 4.28. The molecule has 0 bridgehead atoms. The van der Waals surface area contributed by atoms with Crippen LogP contribution in [0, 0.1) is 0 Å². The van der Waals surface area contributed by atoms with Gasteiger partial charge in [-0.1, -0.05) is 24.2 Å². The van der Waals surface area contributed by atoms with Crippen LogP contribution in [-0.2, 0) is 13.0 Å². The van der Waals surface area contributed by atoms with E-state index in [2.05, 4.69) is 24.2 Å². The molecule has 0 amide bonds. The topological polar surface area (TPSA) is 35.3 Å². The molecule has 0 atom stereocenters. The average molecular weight is 203 g/mol. The molecular weight excluding hydrogens is 190 g/mol. The molecule has 0 aliphatic heterocycles. The van der Waals surface area contributed by atoms with Gasteiger partial charge in [-0.2, -0.15) is 0 Å². The van der Waals surface area contributed by atoms with E-state index in [4.69, 9.17) is 9.26 Å². The van der Waals surface area contributed by atoms with Crippen LogP contribution in [-0.4, -0.2) is 5.16 Å². The van der Waals surface area contributed by atoms with E-state index in [0.717, 1.165) is 17.7 Å². The Morgan fingerprint density at radius 3 is 2.60 bits per heavy atom. The first-order valence-corrected chi connectivity index (χ1v) is 4.98. The maximum absolute atomic E-state index is 5.55. The summed E-state index contributed by atoms with van der Waals surface area (Å²) in [4.78, 5) is 0. The van der Waals surface area contributed by atoms with Gasteiger partial charge in [-0.25, -0.2) is 0 Å². The molecule has 2 aromatic rings. The first-order valence-electron chi connectivity index (χ1n) is 4.98. The fourth-order valence-corrected chi connectivity index (χ4v) is 1.29. The Labute approximate surface area is 88.7 Å². The molecule has 3 heteroatoms. The zero-order chi connectivity index (χ0) is 10.5. The van der Waals surface area contributed by atoms with Crippen LogP contribution in [0.25, 0.3) is 0 Å². The Kier molecular flexibility index (Phi) is 3.02. The number of benzene rings is 1. The molecule has 1 aromatic heterocycles. The second-order valence-electron chi connectivity index (χ2n) is 3.32. The quantitative estimate of drug-likeness (QED) is 0.766. The number of nitrogens with zero attached hydrogens (tertiary/aromatic N) is 1. The molecule has 0 unspecified atom stereocenters. The standard InChI is InChI=1S/C12H13NO2/c1-2-10-3-5-12(6-4-10)14-8-11-7-13-15-9-11/h3-7,9H,2,8H2,1H3. The van der Waals surface area contributed by atoms with Crippen LogP contribution < -0.4 is 4.74 Å². The van der Waals surface area contributed by atoms with E-state index in [1.807, 2.05) is 12.1 Å². The van der Waals surface area contributed by atoms with E-state index >= 15 is 0 Å². The van der Waals surface area contributed by atoms with Crippen molar-refractivity contribution in [1.29, 1.82) is 0 Å². The summed E-state index contributed by atoms with van der Waals surface area (Å²) in [6, 6.07) is 8.10. The van der Waals surface area contributed by atoms with Crippen molar-refractivity contribution < 1.29 is 9.26 Å². The third-order valence-electron chi connectivity index (χ3n) is 2.22. The van der Waals surface area contributed by atoms with Crippen molar-refractivity contribution in [3.63, 3.8) is 0 Å². The van der Waals surface area contributed by atoms with Gasteiger partial charge in [0, 0.05) is 5.56 Å². The Bertz CT molecular complexity index is 392. The van der Waals surface area contributed by atoms with Crippen LogP contribution >= 0.6 is 0 Å². The van der Waals surface area contributed by atoms with Crippen LogP contribution in [0.15, 0.2) is 41.2 Å². The molecule has 0 radical (unpaired) electrons. The lowest BCUT2D eigenvalue weighted by molar-refractivity contribution is 0.304. The molecule has 0 fully saturated rings. The van der Waals surface area contributed by atoms with Crippen molar-refractivity contribution >= 4 is 0 Å². The maximum Gasteiger partial charge on any atom is 0.130 e. The van der Waals surface area contributed by atoms with Gasteiger partial charge in [0.25, 0.3) is 0 Å². The van der Waals surface area contributed by atoms with Crippen LogP contribution in [0.2, 0.25) is 0 Å². The molecule has 2 rings (SSSR count). The molecule has 1 heterocycles. The minimum absolute atomic E-state index is 0.495. The summed E-state index contributed by atoms with van der Waals surface area (Å²) in [5.41, 5.74) is 2.25. The molecule has 0 saturated heterocycles. The minimum atomic E-state index is 0.495. The van der Waals surface area contributed by atoms with Gasteiger partial charge in [-0.3, -0.25) is 0 Å². The third-order valence-corrected chi connectivity index (χ3v) is 2.22. The predicted octanol–water partition coefficient (Wildman–Crippen LogP) is 2.82. The fraction of sp³-hybridized carbons (Fsp3) is 0.250. The van der Waals surface area contributed by atoms with Gasteiger partial charge in [-0.05, 0) is 24.1 Å². The number of ether oxygens (including phenoxy) is 1. The van der Waals surface area contributed by atoms with Gasteiger partial charge in [-0.15, -0.1) is 0 Å². The summed E-state index contributed by atoms with van der Waals surface area (Å²) >= 11 is 0. The molecule has 1 aromatic carbocycles. The molecule has 3 nitrogen and oxygen atoms in total. The molecular formula is C12H13NO2. The van der Waals surface area contributed by atoms with E-state index < -0.39 is 0 Å². The van der Waals surface area contributed by atoms with Crippen molar-refractivity contribution in [1.82, 2.24) is 5.16 Å². The number of aromatic nitrogens is 1. The van der Waals surface area contributed by atoms with Crippen LogP contribution in [0.3, 0.4) is 0 Å².